The number of anilines is 1. The van der Waals surface area contributed by atoms with Crippen molar-refractivity contribution in [1.29, 1.82) is 0 Å². The number of aldehydes is 1. The molecule has 1 heterocycles. The number of carbonyl (C=O) groups excluding carboxylic acids is 1. The van der Waals surface area contributed by atoms with Gasteiger partial charge in [0.1, 0.15) is 6.29 Å². The quantitative estimate of drug-likeness (QED) is 0.761. The highest BCUT2D eigenvalue weighted by atomic mass is 16.1. The molecule has 2 aromatic carbocycles. The van der Waals surface area contributed by atoms with Crippen LogP contribution in [-0.4, -0.2) is 19.9 Å². The van der Waals surface area contributed by atoms with Crippen LogP contribution < -0.4 is 4.90 Å². The maximum atomic E-state index is 10.7. The second kappa shape index (κ2) is 4.88. The minimum absolute atomic E-state index is 0.724. The van der Waals surface area contributed by atoms with Gasteiger partial charge in [-0.15, -0.1) is 0 Å². The zero-order chi connectivity index (χ0) is 13.2. The number of hydrogen-bond acceptors (Lipinski definition) is 2. The Morgan fingerprint density at radius 1 is 1.05 bits per heavy atom. The lowest BCUT2D eigenvalue weighted by molar-refractivity contribution is 0.112. The van der Waals surface area contributed by atoms with Crippen molar-refractivity contribution in [3.63, 3.8) is 0 Å². The third-order valence-electron chi connectivity index (χ3n) is 3.81. The van der Waals surface area contributed by atoms with Gasteiger partial charge in [-0.3, -0.25) is 4.79 Å². The van der Waals surface area contributed by atoms with Gasteiger partial charge in [-0.05, 0) is 41.7 Å². The van der Waals surface area contributed by atoms with E-state index in [0.717, 1.165) is 24.8 Å². The van der Waals surface area contributed by atoms with Crippen molar-refractivity contribution in [2.75, 3.05) is 18.5 Å². The molecule has 19 heavy (non-hydrogen) atoms. The van der Waals surface area contributed by atoms with Crippen LogP contribution in [-0.2, 0) is 6.42 Å². The first kappa shape index (κ1) is 12.0. The van der Waals surface area contributed by atoms with Crippen LogP contribution in [0.4, 0.5) is 5.69 Å². The summed E-state index contributed by atoms with van der Waals surface area (Å²) >= 11 is 0. The van der Waals surface area contributed by atoms with Gasteiger partial charge in [0.2, 0.25) is 0 Å². The lowest BCUT2D eigenvalue weighted by atomic mass is 9.96. The van der Waals surface area contributed by atoms with E-state index in [9.17, 15) is 4.79 Å². The maximum Gasteiger partial charge on any atom is 0.150 e. The molecule has 96 valence electrons. The molecule has 1 aliphatic rings. The number of hydrogen-bond donors (Lipinski definition) is 0. The van der Waals surface area contributed by atoms with E-state index in [4.69, 9.17) is 0 Å². The molecule has 0 saturated heterocycles. The average Bonchev–Trinajstić information content (AvgIpc) is 2.47. The zero-order valence-electron chi connectivity index (χ0n) is 11.1. The minimum atomic E-state index is 0.724. The highest BCUT2D eigenvalue weighted by molar-refractivity contribution is 5.77. The van der Waals surface area contributed by atoms with E-state index >= 15 is 0 Å². The van der Waals surface area contributed by atoms with Gasteiger partial charge >= 0.3 is 0 Å². The smallest absolute Gasteiger partial charge is 0.150 e. The minimum Gasteiger partial charge on any atom is -0.374 e. The first-order valence-corrected chi connectivity index (χ1v) is 6.67. The van der Waals surface area contributed by atoms with Crippen molar-refractivity contribution < 1.29 is 4.79 Å². The van der Waals surface area contributed by atoms with E-state index in [0.29, 0.717) is 0 Å². The van der Waals surface area contributed by atoms with Gasteiger partial charge in [0.25, 0.3) is 0 Å². The van der Waals surface area contributed by atoms with Crippen LogP contribution in [0, 0.1) is 0 Å². The lowest BCUT2D eigenvalue weighted by Crippen LogP contribution is -2.24. The fraction of sp³-hybridized carbons (Fsp3) is 0.235. The first-order valence-electron chi connectivity index (χ1n) is 6.67. The van der Waals surface area contributed by atoms with Gasteiger partial charge in [-0.25, -0.2) is 0 Å². The Bertz CT molecular complexity index is 601. The lowest BCUT2D eigenvalue weighted by Gasteiger charge is -2.27. The Kier molecular flexibility index (Phi) is 3.08. The number of fused-ring (bicyclic) bond motifs is 1. The summed E-state index contributed by atoms with van der Waals surface area (Å²) < 4.78 is 0. The first-order chi connectivity index (χ1) is 9.28. The summed E-state index contributed by atoms with van der Waals surface area (Å²) in [4.78, 5) is 13.0. The highest BCUT2D eigenvalue weighted by Crippen LogP contribution is 2.30. The number of nitrogens with zero attached hydrogens (tertiary/aromatic N) is 1. The van der Waals surface area contributed by atoms with Crippen LogP contribution in [0.15, 0.2) is 42.5 Å². The molecule has 0 amide bonds. The summed E-state index contributed by atoms with van der Waals surface area (Å²) in [5.74, 6) is 0. The van der Waals surface area contributed by atoms with E-state index < -0.39 is 0 Å². The standard InChI is InChI=1S/C17H17NO/c1-18-10-2-3-16-11-15(8-9-17(16)18)14-6-4-13(12-19)5-7-14/h4-9,11-12H,2-3,10H2,1H3. The second-order valence-electron chi connectivity index (χ2n) is 5.11. The van der Waals surface area contributed by atoms with Crippen LogP contribution >= 0.6 is 0 Å². The molecule has 2 nitrogen and oxygen atoms in total. The van der Waals surface area contributed by atoms with Gasteiger partial charge in [-0.2, -0.15) is 0 Å². The molecule has 0 N–H and O–H groups in total. The summed E-state index contributed by atoms with van der Waals surface area (Å²) in [5, 5.41) is 0. The summed E-state index contributed by atoms with van der Waals surface area (Å²) in [6, 6.07) is 14.4. The van der Waals surface area contributed by atoms with E-state index in [1.807, 2.05) is 24.3 Å². The molecule has 0 bridgehead atoms. The van der Waals surface area contributed by atoms with E-state index in [1.54, 1.807) is 0 Å². The van der Waals surface area contributed by atoms with Crippen molar-refractivity contribution in [2.24, 2.45) is 0 Å². The summed E-state index contributed by atoms with van der Waals surface area (Å²) in [5.41, 5.74) is 5.89. The van der Waals surface area contributed by atoms with E-state index in [1.165, 1.54) is 28.8 Å². The molecule has 1 aliphatic heterocycles. The van der Waals surface area contributed by atoms with Gasteiger partial charge in [0.15, 0.2) is 0 Å². The van der Waals surface area contributed by atoms with Gasteiger partial charge in [-0.1, -0.05) is 30.3 Å². The second-order valence-corrected chi connectivity index (χ2v) is 5.11. The van der Waals surface area contributed by atoms with Crippen molar-refractivity contribution in [3.8, 4) is 11.1 Å². The van der Waals surface area contributed by atoms with Gasteiger partial charge in [0.05, 0.1) is 0 Å². The van der Waals surface area contributed by atoms with Crippen molar-refractivity contribution in [3.05, 3.63) is 53.6 Å². The molecule has 2 heteroatoms. The summed E-state index contributed by atoms with van der Waals surface area (Å²) in [7, 11) is 2.15. The normalized spacial score (nSPS) is 14.1. The molecule has 0 radical (unpaired) electrons. The molecule has 0 fully saturated rings. The van der Waals surface area contributed by atoms with Crippen LogP contribution in [0.25, 0.3) is 11.1 Å². The van der Waals surface area contributed by atoms with Crippen LogP contribution in [0.3, 0.4) is 0 Å². The van der Waals surface area contributed by atoms with Crippen molar-refractivity contribution in [1.82, 2.24) is 0 Å². The molecule has 0 atom stereocenters. The SMILES string of the molecule is CN1CCCc2cc(-c3ccc(C=O)cc3)ccc21. The Labute approximate surface area is 113 Å². The third-order valence-corrected chi connectivity index (χ3v) is 3.81. The predicted molar refractivity (Wildman–Crippen MR) is 78.9 cm³/mol. The molecular formula is C17H17NO. The average molecular weight is 251 g/mol. The molecule has 0 unspecified atom stereocenters. The van der Waals surface area contributed by atoms with E-state index in [-0.39, 0.29) is 0 Å². The van der Waals surface area contributed by atoms with E-state index in [2.05, 4.69) is 30.1 Å². The number of carbonyl (C=O) groups is 1. The van der Waals surface area contributed by atoms with Gasteiger partial charge in [0, 0.05) is 24.8 Å². The van der Waals surface area contributed by atoms with Gasteiger partial charge < -0.3 is 4.90 Å². The predicted octanol–water partition coefficient (Wildman–Crippen LogP) is 3.55. The molecule has 0 aliphatic carbocycles. The molecule has 3 rings (SSSR count). The Morgan fingerprint density at radius 3 is 2.53 bits per heavy atom. The molecule has 0 saturated carbocycles. The Balaban J connectivity index is 1.99. The Morgan fingerprint density at radius 2 is 1.79 bits per heavy atom. The number of rotatable bonds is 2. The molecule has 0 aromatic heterocycles. The van der Waals surface area contributed by atoms with Crippen LogP contribution in [0.5, 0.6) is 0 Å². The molecule has 2 aromatic rings. The monoisotopic (exact) mass is 251 g/mol. The largest absolute Gasteiger partial charge is 0.374 e. The third kappa shape index (κ3) is 2.26. The number of benzene rings is 2. The molecular weight excluding hydrogens is 234 g/mol. The maximum absolute atomic E-state index is 10.7. The Hall–Kier alpha value is -2.09. The molecule has 0 spiro atoms. The van der Waals surface area contributed by atoms with Crippen molar-refractivity contribution in [2.45, 2.75) is 12.8 Å². The fourth-order valence-corrected chi connectivity index (χ4v) is 2.72. The summed E-state index contributed by atoms with van der Waals surface area (Å²) in [6.45, 7) is 1.14. The number of aryl methyl sites for hydroxylation is 1. The fourth-order valence-electron chi connectivity index (χ4n) is 2.72. The van der Waals surface area contributed by atoms with Crippen molar-refractivity contribution >= 4 is 12.0 Å². The zero-order valence-corrected chi connectivity index (χ0v) is 11.1. The summed E-state index contributed by atoms with van der Waals surface area (Å²) in [6.07, 6.45) is 3.25. The highest BCUT2D eigenvalue weighted by Gasteiger charge is 2.13. The van der Waals surface area contributed by atoms with Crippen LogP contribution in [0.1, 0.15) is 22.3 Å². The topological polar surface area (TPSA) is 20.3 Å². The van der Waals surface area contributed by atoms with Crippen LogP contribution in [0.2, 0.25) is 0 Å².